The number of carbonyl (C=O) groups is 2. The molecule has 3 heterocycles. The number of nitrogens with one attached hydrogen (secondary N) is 2. The molecule has 190 valence electrons. The summed E-state index contributed by atoms with van der Waals surface area (Å²) in [6.45, 7) is 6.56. The van der Waals surface area contributed by atoms with Crippen LogP contribution in [0.1, 0.15) is 38.3 Å². The van der Waals surface area contributed by atoms with Crippen LogP contribution in [0.15, 0.2) is 46.9 Å². The van der Waals surface area contributed by atoms with Crippen LogP contribution in [0, 0.1) is 0 Å². The number of rotatable bonds is 9. The third-order valence-corrected chi connectivity index (χ3v) is 8.00. The highest BCUT2D eigenvalue weighted by Crippen LogP contribution is 2.39. The Balaban J connectivity index is 1.29. The third kappa shape index (κ3) is 6.71. The van der Waals surface area contributed by atoms with Crippen molar-refractivity contribution < 1.29 is 19.4 Å². The molecule has 2 aromatic heterocycles. The van der Waals surface area contributed by atoms with E-state index >= 15 is 0 Å². The number of benzene rings is 1. The second kappa shape index (κ2) is 12.5. The minimum absolute atomic E-state index is 0.0847. The zero-order chi connectivity index (χ0) is 25.5. The average Bonchev–Trinajstić information content (AvgIpc) is 3.53. The first-order valence-corrected chi connectivity index (χ1v) is 13.6. The van der Waals surface area contributed by atoms with Crippen molar-refractivity contribution in [1.29, 1.82) is 0 Å². The average molecular weight is 547 g/mol. The molecule has 1 aromatic carbocycles. The van der Waals surface area contributed by atoms with Gasteiger partial charge >= 0.3 is 0 Å². The summed E-state index contributed by atoms with van der Waals surface area (Å²) < 4.78 is 5.34. The highest BCUT2D eigenvalue weighted by Gasteiger charge is 2.17. The lowest BCUT2D eigenvalue weighted by molar-refractivity contribution is 0.0374. The molecule has 8 nitrogen and oxygen atoms in total. The maximum absolute atomic E-state index is 12.6. The molecule has 1 aliphatic heterocycles. The topological polar surface area (TPSA) is 103 Å². The molecule has 3 N–H and O–H groups in total. The molecule has 0 spiro atoms. The van der Waals surface area contributed by atoms with Crippen LogP contribution in [-0.2, 0) is 4.74 Å². The van der Waals surface area contributed by atoms with E-state index in [9.17, 15) is 14.7 Å². The van der Waals surface area contributed by atoms with Crippen molar-refractivity contribution in [2.24, 2.45) is 5.10 Å². The highest BCUT2D eigenvalue weighted by atomic mass is 35.5. The predicted molar refractivity (Wildman–Crippen MR) is 145 cm³/mol. The molecule has 0 radical (unpaired) electrons. The number of morpholine rings is 1. The van der Waals surface area contributed by atoms with E-state index in [2.05, 4.69) is 20.7 Å². The number of thiophene rings is 2. The fourth-order valence-corrected chi connectivity index (χ4v) is 5.70. The fourth-order valence-electron chi connectivity index (χ4n) is 3.69. The summed E-state index contributed by atoms with van der Waals surface area (Å²) in [4.78, 5) is 28.8. The van der Waals surface area contributed by atoms with Gasteiger partial charge in [0.05, 0.1) is 39.1 Å². The molecule has 0 unspecified atom stereocenters. The number of hydrogen-bond donors (Lipinski definition) is 3. The van der Waals surface area contributed by atoms with Crippen LogP contribution in [0.3, 0.4) is 0 Å². The second-order valence-electron chi connectivity index (χ2n) is 8.20. The second-order valence-corrected chi connectivity index (χ2v) is 10.6. The van der Waals surface area contributed by atoms with Gasteiger partial charge in [-0.1, -0.05) is 23.7 Å². The van der Waals surface area contributed by atoms with Crippen LogP contribution in [0.2, 0.25) is 5.02 Å². The predicted octanol–water partition coefficient (Wildman–Crippen LogP) is 4.44. The summed E-state index contributed by atoms with van der Waals surface area (Å²) in [5.74, 6) is -0.533. The molecule has 1 aliphatic rings. The number of hydrazone groups is 1. The van der Waals surface area contributed by atoms with Gasteiger partial charge in [-0.15, -0.1) is 22.7 Å². The third-order valence-electron chi connectivity index (χ3n) is 5.66. The minimum atomic E-state index is -0.421. The highest BCUT2D eigenvalue weighted by molar-refractivity contribution is 7.16. The lowest BCUT2D eigenvalue weighted by Crippen LogP contribution is -2.38. The SMILES string of the molecule is C/C(=N\NC(=O)c1ccc(C(=O)NCCCN2CCOCC2)s1)c1csc(-c2cccc(Cl)c2)c1O. The molecule has 0 bridgehead atoms. The van der Waals surface area contributed by atoms with Gasteiger partial charge in [0.1, 0.15) is 5.75 Å². The molecule has 0 saturated carbocycles. The monoisotopic (exact) mass is 546 g/mol. The number of ether oxygens (including phenoxy) is 1. The molecule has 2 amide bonds. The van der Waals surface area contributed by atoms with Crippen LogP contribution in [-0.4, -0.2) is 66.9 Å². The fraction of sp³-hybridized carbons (Fsp3) is 0.320. The molecule has 0 aliphatic carbocycles. The van der Waals surface area contributed by atoms with Crippen LogP contribution in [0.5, 0.6) is 5.75 Å². The van der Waals surface area contributed by atoms with Gasteiger partial charge in [0.2, 0.25) is 0 Å². The number of aromatic hydroxyl groups is 1. The summed E-state index contributed by atoms with van der Waals surface area (Å²) in [5, 5.41) is 20.1. The molecule has 4 rings (SSSR count). The molecule has 36 heavy (non-hydrogen) atoms. The summed E-state index contributed by atoms with van der Waals surface area (Å²) in [7, 11) is 0. The summed E-state index contributed by atoms with van der Waals surface area (Å²) in [6.07, 6.45) is 0.854. The molecule has 1 saturated heterocycles. The van der Waals surface area contributed by atoms with E-state index in [0.717, 1.165) is 56.2 Å². The Morgan fingerprint density at radius 3 is 2.67 bits per heavy atom. The van der Waals surface area contributed by atoms with Crippen molar-refractivity contribution in [3.63, 3.8) is 0 Å². The van der Waals surface area contributed by atoms with Crippen molar-refractivity contribution in [2.45, 2.75) is 13.3 Å². The van der Waals surface area contributed by atoms with E-state index in [1.165, 1.54) is 11.3 Å². The van der Waals surface area contributed by atoms with Gasteiger partial charge in [-0.2, -0.15) is 5.10 Å². The molecular formula is C25H27ClN4O4S2. The smallest absolute Gasteiger partial charge is 0.281 e. The van der Waals surface area contributed by atoms with E-state index in [1.807, 2.05) is 12.1 Å². The van der Waals surface area contributed by atoms with E-state index < -0.39 is 5.91 Å². The number of amides is 2. The standard InChI is InChI=1S/C25H27ClN4O4S2/c1-16(19-15-35-23(22(19)31)17-4-2-5-18(26)14-17)28-29-25(33)21-7-6-20(36-21)24(32)27-8-3-9-30-10-12-34-13-11-30/h2,4-7,14-15,31H,3,8-13H2,1H3,(H,27,32)(H,29,33)/b28-16+. The zero-order valence-corrected chi connectivity index (χ0v) is 22.1. The van der Waals surface area contributed by atoms with Gasteiger partial charge in [0, 0.05) is 30.0 Å². The lowest BCUT2D eigenvalue weighted by Gasteiger charge is -2.26. The molecule has 3 aromatic rings. The van der Waals surface area contributed by atoms with Crippen molar-refractivity contribution in [3.8, 4) is 16.2 Å². The van der Waals surface area contributed by atoms with Gasteiger partial charge in [0.15, 0.2) is 0 Å². The number of nitrogens with zero attached hydrogens (tertiary/aromatic N) is 2. The quantitative estimate of drug-likeness (QED) is 0.209. The van der Waals surface area contributed by atoms with Crippen LogP contribution in [0.25, 0.3) is 10.4 Å². The van der Waals surface area contributed by atoms with Crippen LogP contribution in [0.4, 0.5) is 0 Å². The van der Waals surface area contributed by atoms with Gasteiger partial charge < -0.3 is 15.2 Å². The first kappa shape index (κ1) is 26.3. The Hall–Kier alpha value is -2.76. The van der Waals surface area contributed by atoms with Crippen molar-refractivity contribution >= 4 is 51.8 Å². The van der Waals surface area contributed by atoms with Crippen molar-refractivity contribution in [3.05, 3.63) is 62.1 Å². The number of carbonyl (C=O) groups excluding carboxylic acids is 2. The first-order valence-electron chi connectivity index (χ1n) is 11.5. The van der Waals surface area contributed by atoms with Crippen molar-refractivity contribution in [2.75, 3.05) is 39.4 Å². The number of halogens is 1. The normalized spacial score (nSPS) is 14.6. The van der Waals surface area contributed by atoms with E-state index in [4.69, 9.17) is 16.3 Å². The Kier molecular flexibility index (Phi) is 9.11. The van der Waals surface area contributed by atoms with E-state index in [-0.39, 0.29) is 11.7 Å². The lowest BCUT2D eigenvalue weighted by atomic mass is 10.1. The molecule has 11 heteroatoms. The van der Waals surface area contributed by atoms with Crippen LogP contribution < -0.4 is 10.7 Å². The van der Waals surface area contributed by atoms with Gasteiger partial charge in [-0.3, -0.25) is 14.5 Å². The summed E-state index contributed by atoms with van der Waals surface area (Å²) in [6, 6.07) is 10.5. The van der Waals surface area contributed by atoms with Crippen molar-refractivity contribution in [1.82, 2.24) is 15.6 Å². The van der Waals surface area contributed by atoms with E-state index in [1.54, 1.807) is 36.6 Å². The Morgan fingerprint density at radius 2 is 1.92 bits per heavy atom. The molecule has 1 fully saturated rings. The Morgan fingerprint density at radius 1 is 1.17 bits per heavy atom. The number of hydrogen-bond acceptors (Lipinski definition) is 8. The zero-order valence-electron chi connectivity index (χ0n) is 19.8. The first-order chi connectivity index (χ1) is 17.4. The van der Waals surface area contributed by atoms with Gasteiger partial charge in [-0.05, 0) is 49.7 Å². The summed E-state index contributed by atoms with van der Waals surface area (Å²) in [5.41, 5.74) is 4.30. The Labute approximate surface area is 222 Å². The Bertz CT molecular complexity index is 1250. The molecular weight excluding hydrogens is 520 g/mol. The maximum Gasteiger partial charge on any atom is 0.281 e. The van der Waals surface area contributed by atoms with Gasteiger partial charge in [0.25, 0.3) is 11.8 Å². The maximum atomic E-state index is 12.6. The van der Waals surface area contributed by atoms with Gasteiger partial charge in [-0.25, -0.2) is 5.43 Å². The van der Waals surface area contributed by atoms with Crippen LogP contribution >= 0.6 is 34.3 Å². The molecule has 0 atom stereocenters. The van der Waals surface area contributed by atoms with E-state index in [0.29, 0.717) is 37.5 Å². The summed E-state index contributed by atoms with van der Waals surface area (Å²) >= 11 is 8.54. The minimum Gasteiger partial charge on any atom is -0.506 e. The largest absolute Gasteiger partial charge is 0.506 e.